The molecule has 1 heterocycles. The fraction of sp³-hybridized carbons (Fsp3) is 0.286. The minimum Gasteiger partial charge on any atom is -0.370 e. The Morgan fingerprint density at radius 2 is 1.86 bits per heavy atom. The first kappa shape index (κ1) is 15.1. The van der Waals surface area contributed by atoms with E-state index >= 15 is 0 Å². The summed E-state index contributed by atoms with van der Waals surface area (Å²) in [4.78, 5) is 8.23. The Kier molecular flexibility index (Phi) is 4.62. The SMILES string of the molecule is CCCNc1cc(C)nc(Nc2ccc(F)c(F)c2F)n1. The average molecular weight is 296 g/mol. The normalized spacial score (nSPS) is 10.5. The van der Waals surface area contributed by atoms with Crippen molar-refractivity contribution in [3.05, 3.63) is 41.3 Å². The Labute approximate surface area is 120 Å². The van der Waals surface area contributed by atoms with Crippen LogP contribution in [0.3, 0.4) is 0 Å². The van der Waals surface area contributed by atoms with Gasteiger partial charge in [0, 0.05) is 18.3 Å². The molecule has 4 nitrogen and oxygen atoms in total. The highest BCUT2D eigenvalue weighted by molar-refractivity contribution is 5.56. The van der Waals surface area contributed by atoms with Gasteiger partial charge in [0.1, 0.15) is 5.82 Å². The molecule has 2 aromatic rings. The van der Waals surface area contributed by atoms with E-state index in [0.717, 1.165) is 25.1 Å². The predicted molar refractivity (Wildman–Crippen MR) is 75.1 cm³/mol. The number of halogens is 3. The first-order chi connectivity index (χ1) is 10.0. The molecule has 2 rings (SSSR count). The van der Waals surface area contributed by atoms with Crippen LogP contribution in [-0.2, 0) is 0 Å². The zero-order valence-electron chi connectivity index (χ0n) is 11.7. The molecule has 0 fully saturated rings. The van der Waals surface area contributed by atoms with Gasteiger partial charge >= 0.3 is 0 Å². The van der Waals surface area contributed by atoms with Crippen LogP contribution in [0.2, 0.25) is 0 Å². The number of hydrogen-bond donors (Lipinski definition) is 2. The van der Waals surface area contributed by atoms with E-state index in [0.29, 0.717) is 11.5 Å². The lowest BCUT2D eigenvalue weighted by Crippen LogP contribution is -2.07. The second kappa shape index (κ2) is 6.43. The molecule has 0 saturated heterocycles. The summed E-state index contributed by atoms with van der Waals surface area (Å²) in [6.07, 6.45) is 0.920. The zero-order chi connectivity index (χ0) is 15.4. The number of anilines is 3. The number of benzene rings is 1. The third-order valence-electron chi connectivity index (χ3n) is 2.69. The molecule has 0 aliphatic carbocycles. The summed E-state index contributed by atoms with van der Waals surface area (Å²) in [5, 5.41) is 5.63. The largest absolute Gasteiger partial charge is 0.370 e. The van der Waals surface area contributed by atoms with Crippen LogP contribution in [0.25, 0.3) is 0 Å². The van der Waals surface area contributed by atoms with Gasteiger partial charge in [-0.1, -0.05) is 6.92 Å². The van der Waals surface area contributed by atoms with Gasteiger partial charge in [0.15, 0.2) is 17.5 Å². The molecule has 1 aromatic heterocycles. The van der Waals surface area contributed by atoms with Crippen molar-refractivity contribution in [1.82, 2.24) is 9.97 Å². The van der Waals surface area contributed by atoms with Crippen molar-refractivity contribution in [3.63, 3.8) is 0 Å². The lowest BCUT2D eigenvalue weighted by Gasteiger charge is -2.10. The van der Waals surface area contributed by atoms with Gasteiger partial charge in [0.05, 0.1) is 5.69 Å². The molecule has 0 bridgehead atoms. The summed E-state index contributed by atoms with van der Waals surface area (Å²) in [7, 11) is 0. The van der Waals surface area contributed by atoms with Crippen molar-refractivity contribution in [2.75, 3.05) is 17.2 Å². The van der Waals surface area contributed by atoms with Gasteiger partial charge in [-0.25, -0.2) is 18.2 Å². The molecule has 0 radical (unpaired) electrons. The van der Waals surface area contributed by atoms with E-state index < -0.39 is 17.5 Å². The summed E-state index contributed by atoms with van der Waals surface area (Å²) in [6.45, 7) is 4.50. The van der Waals surface area contributed by atoms with Crippen molar-refractivity contribution in [1.29, 1.82) is 0 Å². The maximum atomic E-state index is 13.6. The number of aryl methyl sites for hydroxylation is 1. The summed E-state index contributed by atoms with van der Waals surface area (Å²) < 4.78 is 39.7. The van der Waals surface area contributed by atoms with E-state index in [-0.39, 0.29) is 11.6 Å². The number of rotatable bonds is 5. The lowest BCUT2D eigenvalue weighted by atomic mass is 10.3. The lowest BCUT2D eigenvalue weighted by molar-refractivity contribution is 0.449. The molecule has 2 N–H and O–H groups in total. The molecule has 1 aromatic carbocycles. The van der Waals surface area contributed by atoms with Gasteiger partial charge in [0.25, 0.3) is 0 Å². The van der Waals surface area contributed by atoms with Crippen LogP contribution in [0.15, 0.2) is 18.2 Å². The van der Waals surface area contributed by atoms with Crippen molar-refractivity contribution in [2.45, 2.75) is 20.3 Å². The number of aromatic nitrogens is 2. The molecule has 0 unspecified atom stereocenters. The zero-order valence-corrected chi connectivity index (χ0v) is 11.7. The van der Waals surface area contributed by atoms with Gasteiger partial charge in [0.2, 0.25) is 5.95 Å². The number of nitrogens with zero attached hydrogens (tertiary/aromatic N) is 2. The van der Waals surface area contributed by atoms with E-state index in [1.807, 2.05) is 6.92 Å². The van der Waals surface area contributed by atoms with Crippen LogP contribution in [0, 0.1) is 24.4 Å². The van der Waals surface area contributed by atoms with Crippen molar-refractivity contribution in [3.8, 4) is 0 Å². The fourth-order valence-electron chi connectivity index (χ4n) is 1.71. The number of nitrogens with one attached hydrogen (secondary N) is 2. The highest BCUT2D eigenvalue weighted by Crippen LogP contribution is 2.22. The van der Waals surface area contributed by atoms with E-state index in [2.05, 4.69) is 20.6 Å². The van der Waals surface area contributed by atoms with Crippen molar-refractivity contribution >= 4 is 17.5 Å². The molecular formula is C14H15F3N4. The third-order valence-corrected chi connectivity index (χ3v) is 2.69. The molecule has 0 atom stereocenters. The summed E-state index contributed by atoms with van der Waals surface area (Å²) in [6, 6.07) is 3.67. The van der Waals surface area contributed by atoms with Crippen LogP contribution >= 0.6 is 0 Å². The maximum absolute atomic E-state index is 13.6. The second-order valence-corrected chi connectivity index (χ2v) is 4.49. The minimum absolute atomic E-state index is 0.110. The first-order valence-corrected chi connectivity index (χ1v) is 6.51. The summed E-state index contributed by atoms with van der Waals surface area (Å²) in [5.41, 5.74) is 0.440. The molecule has 0 aliphatic heterocycles. The van der Waals surface area contributed by atoms with Crippen molar-refractivity contribution in [2.24, 2.45) is 0 Å². The monoisotopic (exact) mass is 296 g/mol. The summed E-state index contributed by atoms with van der Waals surface area (Å²) >= 11 is 0. The quantitative estimate of drug-likeness (QED) is 0.825. The molecule has 0 saturated carbocycles. The summed E-state index contributed by atoms with van der Waals surface area (Å²) in [5.74, 6) is -3.39. The highest BCUT2D eigenvalue weighted by atomic mass is 19.2. The topological polar surface area (TPSA) is 49.8 Å². The second-order valence-electron chi connectivity index (χ2n) is 4.49. The van der Waals surface area contributed by atoms with Gasteiger partial charge in [-0.05, 0) is 25.5 Å². The van der Waals surface area contributed by atoms with Gasteiger partial charge in [-0.2, -0.15) is 4.98 Å². The smallest absolute Gasteiger partial charge is 0.229 e. The van der Waals surface area contributed by atoms with E-state index in [1.165, 1.54) is 0 Å². The van der Waals surface area contributed by atoms with Gasteiger partial charge < -0.3 is 10.6 Å². The molecule has 112 valence electrons. The van der Waals surface area contributed by atoms with E-state index in [4.69, 9.17) is 0 Å². The first-order valence-electron chi connectivity index (χ1n) is 6.51. The molecule has 21 heavy (non-hydrogen) atoms. The minimum atomic E-state index is -1.53. The van der Waals surface area contributed by atoms with Crippen LogP contribution in [0.5, 0.6) is 0 Å². The highest BCUT2D eigenvalue weighted by Gasteiger charge is 2.14. The van der Waals surface area contributed by atoms with E-state index in [1.54, 1.807) is 13.0 Å². The Balaban J connectivity index is 2.27. The fourth-order valence-corrected chi connectivity index (χ4v) is 1.71. The van der Waals surface area contributed by atoms with E-state index in [9.17, 15) is 13.2 Å². The molecule has 0 spiro atoms. The van der Waals surface area contributed by atoms with Crippen LogP contribution in [0.4, 0.5) is 30.6 Å². The van der Waals surface area contributed by atoms with Crippen LogP contribution in [0.1, 0.15) is 19.0 Å². The number of hydrogen-bond acceptors (Lipinski definition) is 4. The average Bonchev–Trinajstić information content (AvgIpc) is 2.45. The standard InChI is InChI=1S/C14H15F3N4/c1-3-6-18-11-7-8(2)19-14(21-11)20-10-5-4-9(15)12(16)13(10)17/h4-5,7H,3,6H2,1-2H3,(H2,18,19,20,21). The maximum Gasteiger partial charge on any atom is 0.229 e. The Hall–Kier alpha value is -2.31. The van der Waals surface area contributed by atoms with Gasteiger partial charge in [-0.15, -0.1) is 0 Å². The predicted octanol–water partition coefficient (Wildman–Crippen LogP) is 3.77. The Morgan fingerprint density at radius 3 is 2.57 bits per heavy atom. The molecule has 0 amide bonds. The molecule has 7 heteroatoms. The van der Waals surface area contributed by atoms with Crippen LogP contribution < -0.4 is 10.6 Å². The Bertz CT molecular complexity index is 646. The molecular weight excluding hydrogens is 281 g/mol. The third kappa shape index (κ3) is 3.62. The Morgan fingerprint density at radius 1 is 1.10 bits per heavy atom. The molecule has 0 aliphatic rings. The van der Waals surface area contributed by atoms with Gasteiger partial charge in [-0.3, -0.25) is 0 Å². The van der Waals surface area contributed by atoms with Crippen molar-refractivity contribution < 1.29 is 13.2 Å². The van der Waals surface area contributed by atoms with Crippen LogP contribution in [-0.4, -0.2) is 16.5 Å².